The molecule has 0 spiro atoms. The number of allylic oxidation sites excluding steroid dienone is 2. The van der Waals surface area contributed by atoms with Gasteiger partial charge in [-0.25, -0.2) is 0 Å². The largest absolute Gasteiger partial charge is 0.273 e. The maximum atomic E-state index is 4.23. The summed E-state index contributed by atoms with van der Waals surface area (Å²) in [5.74, 6) is 0. The molecular formula is C8H16N2. The summed E-state index contributed by atoms with van der Waals surface area (Å²) in [6.45, 7) is 8.01. The van der Waals surface area contributed by atoms with E-state index < -0.39 is 0 Å². The van der Waals surface area contributed by atoms with Crippen molar-refractivity contribution in [2.75, 3.05) is 7.05 Å². The Bertz CT molecular complexity index is 153. The van der Waals surface area contributed by atoms with Gasteiger partial charge >= 0.3 is 0 Å². The molecule has 0 unspecified atom stereocenters. The van der Waals surface area contributed by atoms with Crippen LogP contribution in [0.4, 0.5) is 0 Å². The second kappa shape index (κ2) is 4.09. The first kappa shape index (κ1) is 9.21. The van der Waals surface area contributed by atoms with E-state index >= 15 is 0 Å². The van der Waals surface area contributed by atoms with Gasteiger partial charge in [0.1, 0.15) is 0 Å². The highest BCUT2D eigenvalue weighted by atomic mass is 15.4. The lowest BCUT2D eigenvalue weighted by atomic mass is 10.4. The van der Waals surface area contributed by atoms with Crippen LogP contribution in [0.3, 0.4) is 0 Å². The van der Waals surface area contributed by atoms with Crippen molar-refractivity contribution in [2.24, 2.45) is 5.10 Å². The maximum absolute atomic E-state index is 4.23. The number of nitrogens with zero attached hydrogens (tertiary/aromatic N) is 2. The Balaban J connectivity index is 4.10. The average molecular weight is 140 g/mol. The summed E-state index contributed by atoms with van der Waals surface area (Å²) in [5, 5.41) is 6.10. The highest BCUT2D eigenvalue weighted by molar-refractivity contribution is 5.78. The van der Waals surface area contributed by atoms with Crippen LogP contribution in [-0.2, 0) is 0 Å². The van der Waals surface area contributed by atoms with Gasteiger partial charge in [-0.15, -0.1) is 0 Å². The van der Waals surface area contributed by atoms with Gasteiger partial charge in [0.2, 0.25) is 0 Å². The van der Waals surface area contributed by atoms with Gasteiger partial charge in [-0.3, -0.25) is 5.01 Å². The summed E-state index contributed by atoms with van der Waals surface area (Å²) >= 11 is 0. The molecule has 0 aromatic heterocycles. The SMILES string of the molecule is C/C=C(/C)N(C)N=C(C)C. The Morgan fingerprint density at radius 2 is 1.80 bits per heavy atom. The molecule has 2 nitrogen and oxygen atoms in total. The molecule has 0 fully saturated rings. The van der Waals surface area contributed by atoms with Crippen LogP contribution >= 0.6 is 0 Å². The summed E-state index contributed by atoms with van der Waals surface area (Å²) in [6, 6.07) is 0. The zero-order chi connectivity index (χ0) is 8.15. The fourth-order valence-corrected chi connectivity index (χ4v) is 0.566. The molecule has 0 aliphatic carbocycles. The van der Waals surface area contributed by atoms with Crippen LogP contribution in [0.15, 0.2) is 16.9 Å². The van der Waals surface area contributed by atoms with Crippen LogP contribution in [0.2, 0.25) is 0 Å². The minimum Gasteiger partial charge on any atom is -0.273 e. The monoisotopic (exact) mass is 140 g/mol. The second-order valence-corrected chi connectivity index (χ2v) is 2.50. The smallest absolute Gasteiger partial charge is 0.0323 e. The van der Waals surface area contributed by atoms with Gasteiger partial charge in [-0.2, -0.15) is 5.10 Å². The molecule has 10 heavy (non-hydrogen) atoms. The molecule has 0 aliphatic rings. The molecule has 0 amide bonds. The molecule has 0 rings (SSSR count). The molecule has 0 bridgehead atoms. The standard InChI is InChI=1S/C8H16N2/c1-6-8(4)10(5)9-7(2)3/h6H,1-5H3/b8-6-. The van der Waals surface area contributed by atoms with Crippen molar-refractivity contribution in [3.63, 3.8) is 0 Å². The molecule has 0 aromatic carbocycles. The van der Waals surface area contributed by atoms with Crippen molar-refractivity contribution in [1.82, 2.24) is 5.01 Å². The summed E-state index contributed by atoms with van der Waals surface area (Å²) in [7, 11) is 1.95. The molecular weight excluding hydrogens is 124 g/mol. The first-order chi connectivity index (χ1) is 4.57. The third kappa shape index (κ3) is 3.28. The Kier molecular flexibility index (Phi) is 3.77. The Morgan fingerprint density at radius 1 is 1.30 bits per heavy atom. The summed E-state index contributed by atoms with van der Waals surface area (Å²) in [6.07, 6.45) is 2.03. The van der Waals surface area contributed by atoms with Crippen molar-refractivity contribution in [3.8, 4) is 0 Å². The summed E-state index contributed by atoms with van der Waals surface area (Å²) < 4.78 is 0. The summed E-state index contributed by atoms with van der Waals surface area (Å²) in [5.41, 5.74) is 2.24. The van der Waals surface area contributed by atoms with Crippen molar-refractivity contribution in [2.45, 2.75) is 27.7 Å². The first-order valence-corrected chi connectivity index (χ1v) is 3.46. The van der Waals surface area contributed by atoms with Gasteiger partial charge in [-0.05, 0) is 27.7 Å². The minimum absolute atomic E-state index is 1.07. The number of hydrogen-bond acceptors (Lipinski definition) is 2. The maximum Gasteiger partial charge on any atom is 0.0323 e. The van der Waals surface area contributed by atoms with Gasteiger partial charge in [0, 0.05) is 18.5 Å². The summed E-state index contributed by atoms with van der Waals surface area (Å²) in [4.78, 5) is 0. The van der Waals surface area contributed by atoms with E-state index in [-0.39, 0.29) is 0 Å². The molecule has 0 aliphatic heterocycles. The lowest BCUT2D eigenvalue weighted by Gasteiger charge is -2.12. The van der Waals surface area contributed by atoms with Crippen LogP contribution in [0, 0.1) is 0 Å². The Morgan fingerprint density at radius 3 is 2.10 bits per heavy atom. The fraction of sp³-hybridized carbons (Fsp3) is 0.625. The number of hydrazone groups is 1. The highest BCUT2D eigenvalue weighted by Gasteiger charge is 1.91. The average Bonchev–Trinajstić information content (AvgIpc) is 1.85. The quantitative estimate of drug-likeness (QED) is 0.424. The van der Waals surface area contributed by atoms with Gasteiger partial charge in [0.05, 0.1) is 0 Å². The zero-order valence-corrected chi connectivity index (χ0v) is 7.47. The van der Waals surface area contributed by atoms with Crippen molar-refractivity contribution in [3.05, 3.63) is 11.8 Å². The van der Waals surface area contributed by atoms with E-state index in [1.165, 1.54) is 5.70 Å². The van der Waals surface area contributed by atoms with E-state index in [9.17, 15) is 0 Å². The van der Waals surface area contributed by atoms with Gasteiger partial charge in [0.15, 0.2) is 0 Å². The van der Waals surface area contributed by atoms with Crippen molar-refractivity contribution in [1.29, 1.82) is 0 Å². The third-order valence-electron chi connectivity index (χ3n) is 1.28. The topological polar surface area (TPSA) is 15.6 Å². The first-order valence-electron chi connectivity index (χ1n) is 3.46. The van der Waals surface area contributed by atoms with Crippen LogP contribution in [0.1, 0.15) is 27.7 Å². The van der Waals surface area contributed by atoms with Crippen LogP contribution in [0.5, 0.6) is 0 Å². The molecule has 0 radical (unpaired) electrons. The predicted molar refractivity (Wildman–Crippen MR) is 46.0 cm³/mol. The highest BCUT2D eigenvalue weighted by Crippen LogP contribution is 1.99. The molecule has 0 saturated carbocycles. The third-order valence-corrected chi connectivity index (χ3v) is 1.28. The molecule has 58 valence electrons. The minimum atomic E-state index is 1.07. The van der Waals surface area contributed by atoms with Gasteiger partial charge in [0.25, 0.3) is 0 Å². The van der Waals surface area contributed by atoms with E-state index in [0.717, 1.165) is 5.71 Å². The van der Waals surface area contributed by atoms with Crippen LogP contribution in [0.25, 0.3) is 0 Å². The van der Waals surface area contributed by atoms with E-state index in [4.69, 9.17) is 0 Å². The molecule has 0 atom stereocenters. The zero-order valence-electron chi connectivity index (χ0n) is 7.47. The van der Waals surface area contributed by atoms with E-state index in [1.807, 2.05) is 45.8 Å². The molecule has 0 aromatic rings. The number of rotatable bonds is 2. The van der Waals surface area contributed by atoms with Gasteiger partial charge in [-0.1, -0.05) is 6.08 Å². The molecule has 0 heterocycles. The van der Waals surface area contributed by atoms with Crippen molar-refractivity contribution < 1.29 is 0 Å². The lowest BCUT2D eigenvalue weighted by Crippen LogP contribution is -2.09. The fourth-order valence-electron chi connectivity index (χ4n) is 0.566. The van der Waals surface area contributed by atoms with E-state index in [2.05, 4.69) is 5.10 Å². The van der Waals surface area contributed by atoms with Crippen molar-refractivity contribution >= 4 is 5.71 Å². The number of hydrogen-bond donors (Lipinski definition) is 0. The van der Waals surface area contributed by atoms with Crippen LogP contribution in [-0.4, -0.2) is 17.8 Å². The van der Waals surface area contributed by atoms with Gasteiger partial charge < -0.3 is 0 Å². The normalized spacial score (nSPS) is 11.1. The Labute approximate surface area is 63.2 Å². The van der Waals surface area contributed by atoms with E-state index in [0.29, 0.717) is 0 Å². The second-order valence-electron chi connectivity index (χ2n) is 2.50. The van der Waals surface area contributed by atoms with E-state index in [1.54, 1.807) is 0 Å². The molecule has 2 heteroatoms. The molecule has 0 N–H and O–H groups in total. The Hall–Kier alpha value is -0.790. The predicted octanol–water partition coefficient (Wildman–Crippen LogP) is 2.24. The molecule has 0 saturated heterocycles. The lowest BCUT2D eigenvalue weighted by molar-refractivity contribution is 0.446. The van der Waals surface area contributed by atoms with Crippen LogP contribution < -0.4 is 0 Å².